The SMILES string of the molecule is CCCc1nccn1-c1ccc(C2=NC3(CCCCC3)N(CC(=O)Nc3cccc(C(F)(F)F)c3)C2=O)cc1. The van der Waals surface area contributed by atoms with Crippen molar-refractivity contribution in [3.63, 3.8) is 0 Å². The second-order valence-electron chi connectivity index (χ2n) is 10.0. The molecule has 39 heavy (non-hydrogen) atoms. The number of aromatic nitrogens is 2. The molecule has 1 aliphatic heterocycles. The van der Waals surface area contributed by atoms with Gasteiger partial charge in [0, 0.05) is 35.8 Å². The van der Waals surface area contributed by atoms with Crippen LogP contribution in [0.25, 0.3) is 5.69 Å². The van der Waals surface area contributed by atoms with Crippen LogP contribution in [0.4, 0.5) is 18.9 Å². The van der Waals surface area contributed by atoms with Gasteiger partial charge < -0.3 is 14.8 Å². The minimum atomic E-state index is -4.52. The zero-order chi connectivity index (χ0) is 27.6. The van der Waals surface area contributed by atoms with Gasteiger partial charge in [-0.25, -0.2) is 4.98 Å². The number of carbonyl (C=O) groups excluding carboxylic acids is 2. The third kappa shape index (κ3) is 5.46. The van der Waals surface area contributed by atoms with E-state index in [-0.39, 0.29) is 18.1 Å². The Morgan fingerprint density at radius 3 is 2.51 bits per heavy atom. The number of alkyl halides is 3. The van der Waals surface area contributed by atoms with Crippen molar-refractivity contribution in [2.45, 2.75) is 63.7 Å². The van der Waals surface area contributed by atoms with Gasteiger partial charge in [-0.3, -0.25) is 14.6 Å². The number of carbonyl (C=O) groups is 2. The van der Waals surface area contributed by atoms with Gasteiger partial charge in [-0.1, -0.05) is 31.5 Å². The van der Waals surface area contributed by atoms with E-state index < -0.39 is 23.3 Å². The maximum absolute atomic E-state index is 13.7. The van der Waals surface area contributed by atoms with E-state index in [0.717, 1.165) is 55.7 Å². The third-order valence-corrected chi connectivity index (χ3v) is 7.31. The minimum absolute atomic E-state index is 0.0258. The smallest absolute Gasteiger partial charge is 0.325 e. The molecule has 1 fully saturated rings. The monoisotopic (exact) mass is 537 g/mol. The molecule has 2 amide bonds. The fraction of sp³-hybridized carbons (Fsp3) is 0.379. The first-order valence-electron chi connectivity index (χ1n) is 13.2. The summed E-state index contributed by atoms with van der Waals surface area (Å²) in [7, 11) is 0. The Morgan fingerprint density at radius 2 is 1.82 bits per heavy atom. The van der Waals surface area contributed by atoms with Gasteiger partial charge in [0.1, 0.15) is 23.7 Å². The summed E-state index contributed by atoms with van der Waals surface area (Å²) >= 11 is 0. The minimum Gasteiger partial charge on any atom is -0.325 e. The lowest BCUT2D eigenvalue weighted by Crippen LogP contribution is -2.51. The van der Waals surface area contributed by atoms with Crippen molar-refractivity contribution < 1.29 is 22.8 Å². The molecule has 0 bridgehead atoms. The highest BCUT2D eigenvalue weighted by Crippen LogP contribution is 2.40. The molecule has 0 atom stereocenters. The van der Waals surface area contributed by atoms with E-state index in [0.29, 0.717) is 24.1 Å². The lowest BCUT2D eigenvalue weighted by molar-refractivity contribution is -0.137. The third-order valence-electron chi connectivity index (χ3n) is 7.31. The number of hydrogen-bond donors (Lipinski definition) is 1. The molecule has 1 N–H and O–H groups in total. The molecule has 0 unspecified atom stereocenters. The quantitative estimate of drug-likeness (QED) is 0.415. The highest BCUT2D eigenvalue weighted by atomic mass is 19.4. The second-order valence-corrected chi connectivity index (χ2v) is 10.0. The van der Waals surface area contributed by atoms with Crippen molar-refractivity contribution in [2.75, 3.05) is 11.9 Å². The van der Waals surface area contributed by atoms with E-state index in [9.17, 15) is 22.8 Å². The summed E-state index contributed by atoms with van der Waals surface area (Å²) in [5.74, 6) is 0.0415. The van der Waals surface area contributed by atoms with Crippen LogP contribution in [0.3, 0.4) is 0 Å². The normalized spacial score (nSPS) is 17.0. The van der Waals surface area contributed by atoms with Crippen LogP contribution >= 0.6 is 0 Å². The summed E-state index contributed by atoms with van der Waals surface area (Å²) < 4.78 is 41.3. The van der Waals surface area contributed by atoms with Crippen LogP contribution in [-0.2, 0) is 22.2 Å². The molecule has 10 heteroatoms. The number of nitrogens with one attached hydrogen (secondary N) is 1. The van der Waals surface area contributed by atoms with Crippen LogP contribution in [0.15, 0.2) is 65.9 Å². The maximum atomic E-state index is 13.7. The number of amides is 2. The van der Waals surface area contributed by atoms with E-state index in [4.69, 9.17) is 4.99 Å². The first kappa shape index (κ1) is 26.6. The molecule has 2 aromatic carbocycles. The second kappa shape index (κ2) is 10.7. The van der Waals surface area contributed by atoms with Crippen LogP contribution < -0.4 is 5.32 Å². The topological polar surface area (TPSA) is 79.6 Å². The summed E-state index contributed by atoms with van der Waals surface area (Å²) in [4.78, 5) is 37.4. The fourth-order valence-electron chi connectivity index (χ4n) is 5.42. The number of imidazole rings is 1. The Morgan fingerprint density at radius 1 is 1.08 bits per heavy atom. The Labute approximate surface area is 224 Å². The summed E-state index contributed by atoms with van der Waals surface area (Å²) in [5.41, 5.74) is 0.232. The number of rotatable bonds is 7. The fourth-order valence-corrected chi connectivity index (χ4v) is 5.42. The molecule has 1 spiro atoms. The zero-order valence-corrected chi connectivity index (χ0v) is 21.7. The lowest BCUT2D eigenvalue weighted by atomic mass is 9.88. The van der Waals surface area contributed by atoms with Gasteiger partial charge in [-0.15, -0.1) is 0 Å². The number of hydrogen-bond acceptors (Lipinski definition) is 4. The van der Waals surface area contributed by atoms with E-state index in [1.165, 1.54) is 17.0 Å². The number of aliphatic imine (C=N–C) groups is 1. The van der Waals surface area contributed by atoms with Gasteiger partial charge in [-0.05, 0) is 62.4 Å². The van der Waals surface area contributed by atoms with Crippen LogP contribution in [0, 0.1) is 0 Å². The number of nitrogens with zero attached hydrogens (tertiary/aromatic N) is 4. The number of anilines is 1. The Kier molecular flexibility index (Phi) is 7.29. The van der Waals surface area contributed by atoms with E-state index in [1.54, 1.807) is 6.20 Å². The van der Waals surface area contributed by atoms with Gasteiger partial charge in [-0.2, -0.15) is 13.2 Å². The predicted octanol–water partition coefficient (Wildman–Crippen LogP) is 5.77. The Bertz CT molecular complexity index is 1390. The summed E-state index contributed by atoms with van der Waals surface area (Å²) in [6.45, 7) is 1.80. The largest absolute Gasteiger partial charge is 0.416 e. The average Bonchev–Trinajstić information content (AvgIpc) is 3.48. The van der Waals surface area contributed by atoms with E-state index in [2.05, 4.69) is 17.2 Å². The number of halogens is 3. The van der Waals surface area contributed by atoms with Crippen molar-refractivity contribution in [1.82, 2.24) is 14.5 Å². The molecule has 3 aromatic rings. The van der Waals surface area contributed by atoms with Gasteiger partial charge in [0.2, 0.25) is 5.91 Å². The molecular formula is C29H30F3N5O2. The van der Waals surface area contributed by atoms with Crippen LogP contribution in [0.5, 0.6) is 0 Å². The van der Waals surface area contributed by atoms with Crippen LogP contribution in [0.1, 0.15) is 62.4 Å². The Balaban J connectivity index is 1.37. The number of benzene rings is 2. The summed E-state index contributed by atoms with van der Waals surface area (Å²) in [6, 6.07) is 12.0. The highest BCUT2D eigenvalue weighted by Gasteiger charge is 2.48. The molecule has 1 saturated carbocycles. The van der Waals surface area contributed by atoms with Crippen molar-refractivity contribution in [1.29, 1.82) is 0 Å². The van der Waals surface area contributed by atoms with Crippen molar-refractivity contribution in [2.24, 2.45) is 4.99 Å². The van der Waals surface area contributed by atoms with Gasteiger partial charge in [0.25, 0.3) is 5.91 Å². The summed E-state index contributed by atoms with van der Waals surface area (Å²) in [6.07, 6.45) is 4.99. The van der Waals surface area contributed by atoms with Crippen molar-refractivity contribution in [3.05, 3.63) is 77.9 Å². The first-order chi connectivity index (χ1) is 18.7. The molecule has 2 aliphatic rings. The molecule has 1 aromatic heterocycles. The first-order valence-corrected chi connectivity index (χ1v) is 13.2. The average molecular weight is 538 g/mol. The van der Waals surface area contributed by atoms with Crippen LogP contribution in [-0.4, -0.2) is 44.2 Å². The van der Waals surface area contributed by atoms with Gasteiger partial charge >= 0.3 is 6.18 Å². The zero-order valence-electron chi connectivity index (χ0n) is 21.7. The number of aryl methyl sites for hydroxylation is 1. The molecule has 0 radical (unpaired) electrons. The summed E-state index contributed by atoms with van der Waals surface area (Å²) in [5, 5.41) is 2.52. The maximum Gasteiger partial charge on any atom is 0.416 e. The molecule has 0 saturated heterocycles. The lowest BCUT2D eigenvalue weighted by Gasteiger charge is -2.38. The standard InChI is InChI=1S/C29H30F3N5O2/c1-2-7-24-33-16-17-36(24)23-12-10-20(11-13-23)26-27(39)37(28(35-26)14-4-3-5-15-28)19-25(38)34-22-9-6-8-21(18-22)29(30,31)32/h6,8-13,16-18H,2-5,7,14-15,19H2,1H3,(H,34,38). The molecular weight excluding hydrogens is 507 g/mol. The molecule has 2 heterocycles. The van der Waals surface area contributed by atoms with Gasteiger partial charge in [0.05, 0.1) is 5.56 Å². The molecule has 204 valence electrons. The van der Waals surface area contributed by atoms with Gasteiger partial charge in [0.15, 0.2) is 0 Å². The Hall–Kier alpha value is -3.95. The highest BCUT2D eigenvalue weighted by molar-refractivity contribution is 6.47. The van der Waals surface area contributed by atoms with E-state index in [1.807, 2.05) is 35.0 Å². The van der Waals surface area contributed by atoms with Crippen LogP contribution in [0.2, 0.25) is 0 Å². The molecule has 7 nitrogen and oxygen atoms in total. The predicted molar refractivity (Wildman–Crippen MR) is 142 cm³/mol. The van der Waals surface area contributed by atoms with Crippen molar-refractivity contribution >= 4 is 23.2 Å². The molecule has 1 aliphatic carbocycles. The molecule has 5 rings (SSSR count). The van der Waals surface area contributed by atoms with Crippen molar-refractivity contribution in [3.8, 4) is 5.69 Å². The van der Waals surface area contributed by atoms with E-state index >= 15 is 0 Å².